The molecule has 2 heterocycles. The molecule has 1 atom stereocenters. The fourth-order valence-electron chi connectivity index (χ4n) is 5.18. The number of anilines is 1. The van der Waals surface area contributed by atoms with E-state index in [1.807, 2.05) is 6.20 Å². The Hall–Kier alpha value is -2.88. The van der Waals surface area contributed by atoms with Crippen molar-refractivity contribution in [3.63, 3.8) is 0 Å². The van der Waals surface area contributed by atoms with Gasteiger partial charge in [0.15, 0.2) is 0 Å². The van der Waals surface area contributed by atoms with Gasteiger partial charge >= 0.3 is 0 Å². The number of aromatic amines is 1. The minimum atomic E-state index is -0.0575. The van der Waals surface area contributed by atoms with Crippen molar-refractivity contribution in [1.29, 1.82) is 0 Å². The van der Waals surface area contributed by atoms with Gasteiger partial charge in [-0.25, -0.2) is 4.98 Å². The van der Waals surface area contributed by atoms with Crippen LogP contribution in [0.15, 0.2) is 41.3 Å². The molecule has 4 nitrogen and oxygen atoms in total. The molecule has 0 amide bonds. The Balaban J connectivity index is 1.80. The summed E-state index contributed by atoms with van der Waals surface area (Å²) in [7, 11) is 0. The minimum Gasteiger partial charge on any atom is -0.367 e. The van der Waals surface area contributed by atoms with Gasteiger partial charge in [-0.1, -0.05) is 45.1 Å². The predicted molar refractivity (Wildman–Crippen MR) is 145 cm³/mol. The first-order valence-corrected chi connectivity index (χ1v) is 13.0. The van der Waals surface area contributed by atoms with Crippen LogP contribution in [0.4, 0.5) is 5.82 Å². The zero-order valence-electron chi connectivity index (χ0n) is 21.1. The van der Waals surface area contributed by atoms with Crippen LogP contribution in [0.1, 0.15) is 90.2 Å². The van der Waals surface area contributed by atoms with E-state index in [2.05, 4.69) is 68.3 Å². The summed E-state index contributed by atoms with van der Waals surface area (Å²) in [5.41, 5.74) is 5.86. The highest BCUT2D eigenvalue weighted by molar-refractivity contribution is 6.12. The van der Waals surface area contributed by atoms with E-state index in [-0.39, 0.29) is 17.0 Å². The first kappa shape index (κ1) is 22.9. The van der Waals surface area contributed by atoms with E-state index in [0.717, 1.165) is 53.4 Å². The van der Waals surface area contributed by atoms with E-state index >= 15 is 0 Å². The van der Waals surface area contributed by atoms with Crippen LogP contribution < -0.4 is 10.9 Å². The van der Waals surface area contributed by atoms with Crippen LogP contribution in [0.3, 0.4) is 0 Å². The maximum atomic E-state index is 13.3. The molecule has 2 aliphatic rings. The van der Waals surface area contributed by atoms with Gasteiger partial charge in [0.05, 0.1) is 10.9 Å². The number of allylic oxidation sites excluding steroid dienone is 4. The molecule has 1 aromatic carbocycles. The van der Waals surface area contributed by atoms with Gasteiger partial charge < -0.3 is 10.3 Å². The first-order valence-electron chi connectivity index (χ1n) is 13.0. The van der Waals surface area contributed by atoms with Crippen molar-refractivity contribution in [2.24, 2.45) is 5.41 Å². The number of benzene rings is 1. The van der Waals surface area contributed by atoms with Gasteiger partial charge in [-0.05, 0) is 86.5 Å². The molecule has 0 saturated heterocycles. The van der Waals surface area contributed by atoms with Crippen molar-refractivity contribution >= 4 is 38.6 Å². The quantitative estimate of drug-likeness (QED) is 0.394. The second-order valence-corrected chi connectivity index (χ2v) is 11.2. The Bertz CT molecular complexity index is 1350. The highest BCUT2D eigenvalue weighted by Gasteiger charge is 2.23. The fourth-order valence-corrected chi connectivity index (χ4v) is 5.18. The topological polar surface area (TPSA) is 57.8 Å². The van der Waals surface area contributed by atoms with Gasteiger partial charge in [-0.15, -0.1) is 0 Å². The molecule has 1 unspecified atom stereocenters. The molecule has 0 radical (unpaired) electrons. The van der Waals surface area contributed by atoms with Gasteiger partial charge in [0.1, 0.15) is 5.82 Å². The van der Waals surface area contributed by atoms with Crippen molar-refractivity contribution in [1.82, 2.24) is 9.97 Å². The molecule has 2 aromatic heterocycles. The molecular formula is C30H37N3O. The summed E-state index contributed by atoms with van der Waals surface area (Å²) in [6, 6.07) is 6.83. The van der Waals surface area contributed by atoms with Crippen molar-refractivity contribution in [2.45, 2.75) is 85.1 Å². The van der Waals surface area contributed by atoms with Crippen LogP contribution in [0.25, 0.3) is 32.8 Å². The second-order valence-electron chi connectivity index (χ2n) is 11.2. The van der Waals surface area contributed by atoms with Gasteiger partial charge in [0.2, 0.25) is 0 Å². The molecule has 0 saturated carbocycles. The Kier molecular flexibility index (Phi) is 6.09. The van der Waals surface area contributed by atoms with Gasteiger partial charge in [-0.3, -0.25) is 4.79 Å². The summed E-state index contributed by atoms with van der Waals surface area (Å²) in [5, 5.41) is 6.44. The number of hydrogen-bond donors (Lipinski definition) is 2. The molecule has 0 aliphatic heterocycles. The maximum absolute atomic E-state index is 13.3. The normalized spacial score (nSPS) is 18.0. The largest absolute Gasteiger partial charge is 0.367 e. The molecule has 3 aromatic rings. The molecule has 2 N–H and O–H groups in total. The van der Waals surface area contributed by atoms with Crippen molar-refractivity contribution in [2.75, 3.05) is 5.32 Å². The summed E-state index contributed by atoms with van der Waals surface area (Å²) in [4.78, 5) is 21.5. The van der Waals surface area contributed by atoms with E-state index < -0.39 is 0 Å². The monoisotopic (exact) mass is 455 g/mol. The molecule has 0 spiro atoms. The van der Waals surface area contributed by atoms with Gasteiger partial charge in [0.25, 0.3) is 5.56 Å². The van der Waals surface area contributed by atoms with Crippen LogP contribution in [0.2, 0.25) is 0 Å². The molecule has 4 heteroatoms. The number of pyridine rings is 2. The van der Waals surface area contributed by atoms with E-state index in [1.54, 1.807) is 0 Å². The third kappa shape index (κ3) is 4.31. The number of fused-ring (bicyclic) bond motifs is 3. The molecule has 178 valence electrons. The predicted octanol–water partition coefficient (Wildman–Crippen LogP) is 7.84. The Morgan fingerprint density at radius 3 is 2.32 bits per heavy atom. The molecule has 0 bridgehead atoms. The number of nitrogens with one attached hydrogen (secondary N) is 2. The lowest BCUT2D eigenvalue weighted by molar-refractivity contribution is 0.359. The minimum absolute atomic E-state index is 0.0575. The Morgan fingerprint density at radius 1 is 0.971 bits per heavy atom. The van der Waals surface area contributed by atoms with Crippen LogP contribution in [-0.4, -0.2) is 16.0 Å². The number of H-pyrrole nitrogens is 1. The lowest BCUT2D eigenvalue weighted by Crippen LogP contribution is -2.31. The van der Waals surface area contributed by atoms with Crippen molar-refractivity contribution in [3.8, 4) is 0 Å². The van der Waals surface area contributed by atoms with E-state index in [9.17, 15) is 4.79 Å². The highest BCUT2D eigenvalue weighted by atomic mass is 16.1. The smallest absolute Gasteiger partial charge is 0.258 e. The summed E-state index contributed by atoms with van der Waals surface area (Å²) in [5.74, 6) is 0.873. The lowest BCUT2D eigenvalue weighted by atomic mass is 9.87. The van der Waals surface area contributed by atoms with Crippen LogP contribution in [0.5, 0.6) is 0 Å². The average molecular weight is 456 g/mol. The van der Waals surface area contributed by atoms with Crippen LogP contribution in [0, 0.1) is 5.41 Å². The average Bonchev–Trinajstić information content (AvgIpc) is 2.84. The number of nitrogens with zero attached hydrogens (tertiary/aromatic N) is 1. The Labute approximate surface area is 202 Å². The zero-order chi connectivity index (χ0) is 23.9. The van der Waals surface area contributed by atoms with E-state index in [0.29, 0.717) is 5.39 Å². The molecule has 5 rings (SSSR count). The fraction of sp³-hybridized carbons (Fsp3) is 0.467. The summed E-state index contributed by atoms with van der Waals surface area (Å²) < 4.78 is 0. The van der Waals surface area contributed by atoms with E-state index in [4.69, 9.17) is 4.98 Å². The molecular weight excluding hydrogens is 418 g/mol. The standard InChI is InChI=1S/C30H37N3O/c1-19(30(2,3)4)32-28-23-16-15-22(20-11-7-5-8-12-20)17-24(23)26-27(33-28)25(18-31-29(26)34)21-13-9-6-10-14-21/h11,13,15-19H,5-10,12,14H2,1-4H3,(H,31,34)(H,32,33). The number of rotatable bonds is 4. The summed E-state index contributed by atoms with van der Waals surface area (Å²) in [6.45, 7) is 8.93. The van der Waals surface area contributed by atoms with Crippen LogP contribution >= 0.6 is 0 Å². The maximum Gasteiger partial charge on any atom is 0.258 e. The van der Waals surface area contributed by atoms with Gasteiger partial charge in [0, 0.05) is 28.6 Å². The van der Waals surface area contributed by atoms with Crippen LogP contribution in [-0.2, 0) is 0 Å². The molecule has 0 fully saturated rings. The van der Waals surface area contributed by atoms with Gasteiger partial charge in [-0.2, -0.15) is 0 Å². The zero-order valence-corrected chi connectivity index (χ0v) is 21.1. The highest BCUT2D eigenvalue weighted by Crippen LogP contribution is 2.37. The second kappa shape index (κ2) is 9.05. The third-order valence-corrected chi connectivity index (χ3v) is 7.79. The number of hydrogen-bond acceptors (Lipinski definition) is 3. The Morgan fingerprint density at radius 2 is 1.68 bits per heavy atom. The first-order chi connectivity index (χ1) is 16.3. The SMILES string of the molecule is CC(Nc1nc2c(C3=CCCCC3)c[nH]c(=O)c2c2cc(C3=CCCCC3)ccc12)C(C)(C)C. The molecule has 34 heavy (non-hydrogen) atoms. The van der Waals surface area contributed by atoms with Crippen molar-refractivity contribution < 1.29 is 0 Å². The third-order valence-electron chi connectivity index (χ3n) is 7.79. The van der Waals surface area contributed by atoms with E-state index in [1.165, 1.54) is 42.4 Å². The number of aromatic nitrogens is 2. The summed E-state index contributed by atoms with van der Waals surface area (Å²) >= 11 is 0. The molecule has 2 aliphatic carbocycles. The summed E-state index contributed by atoms with van der Waals surface area (Å²) in [6.07, 6.45) is 15.9. The lowest BCUT2D eigenvalue weighted by Gasteiger charge is -2.29. The van der Waals surface area contributed by atoms with Crippen molar-refractivity contribution in [3.05, 3.63) is 58.0 Å².